The van der Waals surface area contributed by atoms with Gasteiger partial charge in [0.15, 0.2) is 11.9 Å². The highest BCUT2D eigenvalue weighted by atomic mass is 35.5. The van der Waals surface area contributed by atoms with Crippen LogP contribution in [0.3, 0.4) is 0 Å². The van der Waals surface area contributed by atoms with Crippen LogP contribution < -0.4 is 17.2 Å². The number of nitrogen functional groups attached to an aromatic ring is 2. The molecule has 5 aromatic rings. The average Bonchev–Trinajstić information content (AvgIpc) is 3.69. The molecule has 0 aliphatic rings. The number of aromatic nitrogens is 7. The summed E-state index contributed by atoms with van der Waals surface area (Å²) in [6, 6.07) is 20.2. The quantitative estimate of drug-likeness (QED) is 0.172. The van der Waals surface area contributed by atoms with Crippen LogP contribution >= 0.6 is 24.8 Å². The molecular weight excluding hydrogens is 547 g/mol. The second-order valence-electron chi connectivity index (χ2n) is 8.37. The van der Waals surface area contributed by atoms with Crippen LogP contribution in [0.25, 0.3) is 0 Å². The zero-order valence-corrected chi connectivity index (χ0v) is 23.7. The van der Waals surface area contributed by atoms with E-state index in [9.17, 15) is 0 Å². The summed E-state index contributed by atoms with van der Waals surface area (Å²) in [5.41, 5.74) is 21.6. The van der Waals surface area contributed by atoms with Gasteiger partial charge in [-0.2, -0.15) is 0 Å². The molecule has 3 aromatic heterocycles. The molecule has 0 saturated heterocycles. The number of halogens is 2. The van der Waals surface area contributed by atoms with E-state index in [2.05, 4.69) is 48.3 Å². The number of anilines is 2. The number of H-pyrrole nitrogens is 2. The Bertz CT molecular complexity index is 1370. The van der Waals surface area contributed by atoms with Crippen LogP contribution in [-0.2, 0) is 32.4 Å². The van der Waals surface area contributed by atoms with Gasteiger partial charge in [0.2, 0.25) is 0 Å². The highest BCUT2D eigenvalue weighted by Gasteiger charge is 2.04. The number of hydrogen-bond acceptors (Lipinski definition) is 7. The molecule has 12 heteroatoms. The molecule has 10 nitrogen and oxygen atoms in total. The van der Waals surface area contributed by atoms with E-state index in [0.717, 1.165) is 49.3 Å². The zero-order valence-electron chi connectivity index (χ0n) is 22.1. The lowest BCUT2D eigenvalue weighted by Gasteiger charge is -1.99. The van der Waals surface area contributed by atoms with E-state index < -0.39 is 0 Å². The molecule has 0 saturated carbocycles. The van der Waals surface area contributed by atoms with Gasteiger partial charge in [-0.3, -0.25) is 0 Å². The number of aromatic amines is 2. The number of nitrogens with zero attached hydrogens (tertiary/aromatic N) is 5. The van der Waals surface area contributed by atoms with Crippen molar-refractivity contribution >= 4 is 36.7 Å². The van der Waals surface area contributed by atoms with Gasteiger partial charge in [-0.15, -0.1) is 42.3 Å². The van der Waals surface area contributed by atoms with E-state index >= 15 is 0 Å². The van der Waals surface area contributed by atoms with Crippen molar-refractivity contribution in [2.45, 2.75) is 38.8 Å². The Morgan fingerprint density at radius 2 is 1.32 bits per heavy atom. The Kier molecular flexibility index (Phi) is 15.9. The van der Waals surface area contributed by atoms with Crippen molar-refractivity contribution in [1.29, 1.82) is 0 Å². The van der Waals surface area contributed by atoms with Gasteiger partial charge in [0.1, 0.15) is 0 Å². The number of rotatable bonds is 8. The van der Waals surface area contributed by atoms with Crippen molar-refractivity contribution in [2.24, 2.45) is 5.73 Å². The summed E-state index contributed by atoms with van der Waals surface area (Å²) in [4.78, 5) is 13.7. The van der Waals surface area contributed by atoms with Crippen LogP contribution in [-0.4, -0.2) is 34.9 Å². The molecule has 5 rings (SSSR count). The van der Waals surface area contributed by atoms with E-state index in [1.807, 2.05) is 59.4 Å². The number of benzene rings is 2. The van der Waals surface area contributed by atoms with E-state index in [4.69, 9.17) is 23.6 Å². The van der Waals surface area contributed by atoms with Crippen molar-refractivity contribution in [1.82, 2.24) is 34.9 Å². The molecule has 3 heterocycles. The third kappa shape index (κ3) is 12.5. The molecule has 0 unspecified atom stereocenters. The van der Waals surface area contributed by atoms with Crippen molar-refractivity contribution in [3.05, 3.63) is 107 Å². The maximum atomic E-state index is 5.54. The molecule has 0 amide bonds. The first kappa shape index (κ1) is 33.7. The molecule has 0 fully saturated rings. The van der Waals surface area contributed by atoms with Crippen LogP contribution in [0, 0.1) is 12.3 Å². The van der Waals surface area contributed by atoms with E-state index in [-0.39, 0.29) is 24.8 Å². The number of nitrogens with one attached hydrogen (secondary N) is 2. The smallest absolute Gasteiger partial charge is 0.197 e. The van der Waals surface area contributed by atoms with E-state index in [1.54, 1.807) is 12.4 Å². The number of hydrogen-bond donors (Lipinski definition) is 5. The highest BCUT2D eigenvalue weighted by Crippen LogP contribution is 2.06. The third-order valence-corrected chi connectivity index (χ3v) is 5.34. The van der Waals surface area contributed by atoms with Crippen LogP contribution in [0.1, 0.15) is 34.6 Å². The summed E-state index contributed by atoms with van der Waals surface area (Å²) in [7, 11) is 0. The van der Waals surface area contributed by atoms with Gasteiger partial charge in [-0.1, -0.05) is 65.9 Å². The van der Waals surface area contributed by atoms with Crippen LogP contribution in [0.4, 0.5) is 11.9 Å². The molecular formula is C28H36Cl2N10. The van der Waals surface area contributed by atoms with Gasteiger partial charge in [0.25, 0.3) is 0 Å². The van der Waals surface area contributed by atoms with Crippen molar-refractivity contribution in [3.8, 4) is 12.3 Å². The van der Waals surface area contributed by atoms with Gasteiger partial charge in [0.05, 0.1) is 24.6 Å². The summed E-state index contributed by atoms with van der Waals surface area (Å²) < 4.78 is 1.85. The Labute approximate surface area is 247 Å². The number of aryl methyl sites for hydroxylation is 3. The molecule has 0 bridgehead atoms. The molecule has 40 heavy (non-hydrogen) atoms. The Morgan fingerprint density at radius 3 is 1.80 bits per heavy atom. The van der Waals surface area contributed by atoms with Crippen molar-refractivity contribution in [2.75, 3.05) is 11.5 Å². The zero-order chi connectivity index (χ0) is 27.0. The third-order valence-electron chi connectivity index (χ3n) is 5.34. The van der Waals surface area contributed by atoms with Gasteiger partial charge in [-0.05, 0) is 24.0 Å². The standard InChI is InChI=1S/C14H16N6.C7H9N3.C7H9N.2ClH/c15-14-16-8-12(17-14)6-7-13-10-20(19-18-13)9-11-4-2-1-3-5-11;1-2-3-4-6-5-9-7(8)10-6;8-6-7-4-2-1-3-5-7;;/h1-5,8,10H,6-7,9H2,(H3,15,16,17);1,5H,3-4H2,(H3,8,9,10);1-5H,6,8H2;2*1H. The molecule has 0 atom stereocenters. The summed E-state index contributed by atoms with van der Waals surface area (Å²) >= 11 is 0. The SMILES string of the molecule is C#CCCc1cnc(N)[nH]1.Cl.Cl.NCc1ccccc1.Nc1ncc(CCc2cn(Cc3ccccc3)nn2)[nH]1. The predicted molar refractivity (Wildman–Crippen MR) is 165 cm³/mol. The Hall–Kier alpha value is -4.30. The van der Waals surface area contributed by atoms with Gasteiger partial charge in [0, 0.05) is 37.0 Å². The van der Waals surface area contributed by atoms with Crippen molar-refractivity contribution < 1.29 is 0 Å². The van der Waals surface area contributed by atoms with Gasteiger partial charge >= 0.3 is 0 Å². The lowest BCUT2D eigenvalue weighted by atomic mass is 10.2. The molecule has 0 radical (unpaired) electrons. The second kappa shape index (κ2) is 18.9. The molecule has 8 N–H and O–H groups in total. The largest absolute Gasteiger partial charge is 0.369 e. The minimum atomic E-state index is 0. The van der Waals surface area contributed by atoms with Gasteiger partial charge < -0.3 is 27.2 Å². The summed E-state index contributed by atoms with van der Waals surface area (Å²) in [5, 5.41) is 8.33. The number of terminal acetylenes is 1. The van der Waals surface area contributed by atoms with Crippen LogP contribution in [0.15, 0.2) is 79.3 Å². The van der Waals surface area contributed by atoms with E-state index in [0.29, 0.717) is 18.4 Å². The monoisotopic (exact) mass is 582 g/mol. The van der Waals surface area contributed by atoms with Crippen molar-refractivity contribution in [3.63, 3.8) is 0 Å². The fourth-order valence-electron chi connectivity index (χ4n) is 3.39. The lowest BCUT2D eigenvalue weighted by molar-refractivity contribution is 0.649. The number of imidazole rings is 2. The first-order chi connectivity index (χ1) is 18.6. The first-order valence-electron chi connectivity index (χ1n) is 12.2. The predicted octanol–water partition coefficient (Wildman–Crippen LogP) is 3.96. The maximum absolute atomic E-state index is 5.54. The molecule has 2 aromatic carbocycles. The van der Waals surface area contributed by atoms with E-state index in [1.165, 1.54) is 11.1 Å². The maximum Gasteiger partial charge on any atom is 0.197 e. The first-order valence-corrected chi connectivity index (χ1v) is 12.2. The highest BCUT2D eigenvalue weighted by molar-refractivity contribution is 5.85. The minimum Gasteiger partial charge on any atom is -0.369 e. The van der Waals surface area contributed by atoms with Crippen LogP contribution in [0.2, 0.25) is 0 Å². The average molecular weight is 584 g/mol. The molecule has 0 aliphatic carbocycles. The lowest BCUT2D eigenvalue weighted by Crippen LogP contribution is -1.99. The van der Waals surface area contributed by atoms with Gasteiger partial charge in [-0.25, -0.2) is 14.6 Å². The fourth-order valence-corrected chi connectivity index (χ4v) is 3.39. The fraction of sp³-hybridized carbons (Fsp3) is 0.214. The van der Waals surface area contributed by atoms with Crippen LogP contribution in [0.5, 0.6) is 0 Å². The minimum absolute atomic E-state index is 0. The summed E-state index contributed by atoms with van der Waals surface area (Å²) in [5.74, 6) is 3.44. The Morgan fingerprint density at radius 1 is 0.775 bits per heavy atom. The molecule has 0 aliphatic heterocycles. The summed E-state index contributed by atoms with van der Waals surface area (Å²) in [6.07, 6.45) is 13.7. The normalized spacial score (nSPS) is 9.50. The summed E-state index contributed by atoms with van der Waals surface area (Å²) in [6.45, 7) is 1.38. The molecule has 0 spiro atoms. The Balaban J connectivity index is 0.000000337. The molecule has 212 valence electrons. The second-order valence-corrected chi connectivity index (χ2v) is 8.37. The topological polar surface area (TPSA) is 166 Å². The number of nitrogens with two attached hydrogens (primary N) is 3.